The lowest BCUT2D eigenvalue weighted by atomic mass is 10.1. The second-order valence-corrected chi connectivity index (χ2v) is 7.99. The number of fused-ring (bicyclic) bond motifs is 1. The smallest absolute Gasteiger partial charge is 0.337 e. The third-order valence-electron chi connectivity index (χ3n) is 4.51. The van der Waals surface area contributed by atoms with E-state index in [2.05, 4.69) is 9.46 Å². The predicted molar refractivity (Wildman–Crippen MR) is 102 cm³/mol. The van der Waals surface area contributed by atoms with Crippen molar-refractivity contribution in [2.75, 3.05) is 23.3 Å². The molecule has 27 heavy (non-hydrogen) atoms. The van der Waals surface area contributed by atoms with E-state index in [0.29, 0.717) is 24.2 Å². The number of carbonyl (C=O) groups is 2. The minimum Gasteiger partial charge on any atom is -0.465 e. The van der Waals surface area contributed by atoms with E-state index < -0.39 is 16.0 Å². The summed E-state index contributed by atoms with van der Waals surface area (Å²) in [6, 6.07) is 9.47. The second kappa shape index (κ2) is 7.03. The van der Waals surface area contributed by atoms with Gasteiger partial charge in [0.05, 0.1) is 17.6 Å². The van der Waals surface area contributed by atoms with Crippen LogP contribution in [0.4, 0.5) is 11.4 Å². The van der Waals surface area contributed by atoms with Crippen molar-refractivity contribution in [1.82, 2.24) is 0 Å². The van der Waals surface area contributed by atoms with Gasteiger partial charge in [0, 0.05) is 24.8 Å². The maximum atomic E-state index is 12.8. The molecule has 1 aliphatic rings. The largest absolute Gasteiger partial charge is 0.465 e. The summed E-state index contributed by atoms with van der Waals surface area (Å²) in [7, 11) is -2.65. The summed E-state index contributed by atoms with van der Waals surface area (Å²) in [4.78, 5) is 25.0. The Balaban J connectivity index is 1.92. The summed E-state index contributed by atoms with van der Waals surface area (Å²) in [5, 5.41) is 0. The summed E-state index contributed by atoms with van der Waals surface area (Å²) in [6.45, 7) is 3.74. The van der Waals surface area contributed by atoms with Crippen LogP contribution < -0.4 is 9.62 Å². The molecule has 0 atom stereocenters. The number of nitrogens with zero attached hydrogens (tertiary/aromatic N) is 1. The van der Waals surface area contributed by atoms with Crippen molar-refractivity contribution in [2.45, 2.75) is 25.2 Å². The highest BCUT2D eigenvalue weighted by Crippen LogP contribution is 2.31. The molecule has 1 heterocycles. The fraction of sp³-hybridized carbons (Fsp3) is 0.263. The molecule has 2 aromatic rings. The second-order valence-electron chi connectivity index (χ2n) is 6.34. The Labute approximate surface area is 158 Å². The van der Waals surface area contributed by atoms with Gasteiger partial charge in [-0.2, -0.15) is 0 Å². The first kappa shape index (κ1) is 18.9. The SMILES string of the molecule is COC(=O)c1ccc(C)c(S(=O)(=O)Nc2ccc3c(c2)CCN3C(C)=O)c1. The molecule has 0 unspecified atom stereocenters. The highest BCUT2D eigenvalue weighted by molar-refractivity contribution is 7.92. The quantitative estimate of drug-likeness (QED) is 0.813. The summed E-state index contributed by atoms with van der Waals surface area (Å²) in [5.74, 6) is -0.648. The molecule has 0 aromatic heterocycles. The van der Waals surface area contributed by atoms with E-state index in [9.17, 15) is 18.0 Å². The zero-order valence-electron chi connectivity index (χ0n) is 15.3. The topological polar surface area (TPSA) is 92.8 Å². The monoisotopic (exact) mass is 388 g/mol. The summed E-state index contributed by atoms with van der Waals surface area (Å²) < 4.78 is 32.9. The fourth-order valence-electron chi connectivity index (χ4n) is 3.14. The molecule has 142 valence electrons. The molecule has 0 bridgehead atoms. The van der Waals surface area contributed by atoms with Crippen LogP contribution in [0.5, 0.6) is 0 Å². The van der Waals surface area contributed by atoms with Gasteiger partial charge in [-0.25, -0.2) is 13.2 Å². The Bertz CT molecular complexity index is 1030. The molecule has 1 aliphatic heterocycles. The van der Waals surface area contributed by atoms with Crippen LogP contribution in [0.1, 0.15) is 28.4 Å². The van der Waals surface area contributed by atoms with Crippen molar-refractivity contribution in [3.8, 4) is 0 Å². The summed E-state index contributed by atoms with van der Waals surface area (Å²) in [5.41, 5.74) is 2.79. The van der Waals surface area contributed by atoms with Crippen LogP contribution in [0.3, 0.4) is 0 Å². The van der Waals surface area contributed by atoms with E-state index in [4.69, 9.17) is 0 Å². The minimum atomic E-state index is -3.89. The Morgan fingerprint density at radius 2 is 1.89 bits per heavy atom. The fourth-order valence-corrected chi connectivity index (χ4v) is 4.46. The molecular weight excluding hydrogens is 368 g/mol. The number of aryl methyl sites for hydroxylation is 1. The third kappa shape index (κ3) is 3.66. The van der Waals surface area contributed by atoms with Crippen LogP contribution in [0.15, 0.2) is 41.3 Å². The average Bonchev–Trinajstić information content (AvgIpc) is 3.04. The normalized spacial score (nSPS) is 13.2. The van der Waals surface area contributed by atoms with E-state index in [1.807, 2.05) is 0 Å². The number of rotatable bonds is 4. The number of amides is 1. The van der Waals surface area contributed by atoms with E-state index in [1.165, 1.54) is 26.2 Å². The Morgan fingerprint density at radius 1 is 1.15 bits per heavy atom. The molecule has 1 amide bonds. The molecule has 7 nitrogen and oxygen atoms in total. The number of carbonyl (C=O) groups excluding carboxylic acids is 2. The van der Waals surface area contributed by atoms with Crippen molar-refractivity contribution in [3.05, 3.63) is 53.1 Å². The molecule has 0 spiro atoms. The number of hydrogen-bond donors (Lipinski definition) is 1. The molecule has 2 aromatic carbocycles. The molecule has 0 saturated heterocycles. The molecular formula is C19H20N2O5S. The lowest BCUT2D eigenvalue weighted by Gasteiger charge is -2.16. The standard InChI is InChI=1S/C19H20N2O5S/c1-12-4-5-15(19(23)26-3)11-18(12)27(24,25)20-16-6-7-17-14(10-16)8-9-21(17)13(2)22/h4-7,10-11,20H,8-9H2,1-3H3. The first-order chi connectivity index (χ1) is 12.7. The number of anilines is 2. The molecule has 3 rings (SSSR count). The molecule has 0 fully saturated rings. The van der Waals surface area contributed by atoms with Crippen molar-refractivity contribution in [1.29, 1.82) is 0 Å². The molecule has 0 aliphatic carbocycles. The molecule has 0 saturated carbocycles. The molecule has 1 N–H and O–H groups in total. The Hall–Kier alpha value is -2.87. The number of benzene rings is 2. The minimum absolute atomic E-state index is 0.0104. The first-order valence-corrected chi connectivity index (χ1v) is 9.84. The van der Waals surface area contributed by atoms with Crippen LogP contribution in [0.25, 0.3) is 0 Å². The zero-order valence-corrected chi connectivity index (χ0v) is 16.1. The lowest BCUT2D eigenvalue weighted by Crippen LogP contribution is -2.25. The number of nitrogens with one attached hydrogen (secondary N) is 1. The number of hydrogen-bond acceptors (Lipinski definition) is 5. The summed E-state index contributed by atoms with van der Waals surface area (Å²) in [6.07, 6.45) is 0.668. The van der Waals surface area contributed by atoms with Crippen molar-refractivity contribution >= 4 is 33.3 Å². The predicted octanol–water partition coefficient (Wildman–Crippen LogP) is 2.49. The maximum absolute atomic E-state index is 12.8. The van der Waals surface area contributed by atoms with Crippen molar-refractivity contribution in [3.63, 3.8) is 0 Å². The number of sulfonamides is 1. The van der Waals surface area contributed by atoms with E-state index >= 15 is 0 Å². The van der Waals surface area contributed by atoms with Gasteiger partial charge in [0.1, 0.15) is 0 Å². The van der Waals surface area contributed by atoms with Gasteiger partial charge < -0.3 is 9.64 Å². The molecule has 8 heteroatoms. The van der Waals surface area contributed by atoms with Crippen LogP contribution in [0.2, 0.25) is 0 Å². The van der Waals surface area contributed by atoms with Gasteiger partial charge in [-0.15, -0.1) is 0 Å². The van der Waals surface area contributed by atoms with Gasteiger partial charge in [-0.1, -0.05) is 6.07 Å². The van der Waals surface area contributed by atoms with Crippen LogP contribution in [-0.2, 0) is 26.0 Å². The van der Waals surface area contributed by atoms with Crippen molar-refractivity contribution < 1.29 is 22.7 Å². The third-order valence-corrected chi connectivity index (χ3v) is 6.03. The van der Waals surface area contributed by atoms with Crippen LogP contribution in [-0.4, -0.2) is 33.9 Å². The van der Waals surface area contributed by atoms with Gasteiger partial charge in [0.25, 0.3) is 10.0 Å². The maximum Gasteiger partial charge on any atom is 0.337 e. The average molecular weight is 388 g/mol. The lowest BCUT2D eigenvalue weighted by molar-refractivity contribution is -0.116. The van der Waals surface area contributed by atoms with E-state index in [1.54, 1.807) is 36.1 Å². The number of ether oxygens (including phenoxy) is 1. The first-order valence-electron chi connectivity index (χ1n) is 8.36. The molecule has 0 radical (unpaired) electrons. The number of methoxy groups -OCH3 is 1. The Morgan fingerprint density at radius 3 is 2.56 bits per heavy atom. The van der Waals surface area contributed by atoms with Crippen LogP contribution in [0, 0.1) is 6.92 Å². The van der Waals surface area contributed by atoms with Crippen molar-refractivity contribution in [2.24, 2.45) is 0 Å². The highest BCUT2D eigenvalue weighted by Gasteiger charge is 2.24. The van der Waals surface area contributed by atoms with Gasteiger partial charge in [0.2, 0.25) is 5.91 Å². The van der Waals surface area contributed by atoms with E-state index in [-0.39, 0.29) is 16.4 Å². The number of esters is 1. The van der Waals surface area contributed by atoms with Crippen LogP contribution >= 0.6 is 0 Å². The van der Waals surface area contributed by atoms with Gasteiger partial charge in [0.15, 0.2) is 0 Å². The van der Waals surface area contributed by atoms with E-state index in [0.717, 1.165) is 11.3 Å². The Kier molecular flexibility index (Phi) is 4.93. The van der Waals surface area contributed by atoms with Gasteiger partial charge >= 0.3 is 5.97 Å². The van der Waals surface area contributed by atoms with Gasteiger partial charge in [-0.05, 0) is 54.8 Å². The summed E-state index contributed by atoms with van der Waals surface area (Å²) >= 11 is 0. The highest BCUT2D eigenvalue weighted by atomic mass is 32.2. The van der Waals surface area contributed by atoms with Gasteiger partial charge in [-0.3, -0.25) is 9.52 Å². The zero-order chi connectivity index (χ0) is 19.8.